The van der Waals surface area contributed by atoms with Gasteiger partial charge in [-0.1, -0.05) is 11.6 Å². The summed E-state index contributed by atoms with van der Waals surface area (Å²) in [6.45, 7) is 1.82. The molecule has 0 bridgehead atoms. The fourth-order valence-electron chi connectivity index (χ4n) is 3.58. The average molecular weight is 547 g/mol. The lowest BCUT2D eigenvalue weighted by molar-refractivity contribution is 0.103. The maximum atomic E-state index is 14.1. The zero-order valence-corrected chi connectivity index (χ0v) is 21.7. The number of nitrogens with zero attached hydrogens (tertiary/aromatic N) is 2. The van der Waals surface area contributed by atoms with Gasteiger partial charge in [0.15, 0.2) is 0 Å². The first-order valence-corrected chi connectivity index (χ1v) is 13.5. The Bertz CT molecular complexity index is 1670. The second-order valence-corrected chi connectivity index (χ2v) is 11.5. The number of carbonyl (C=O) groups excluding carboxylic acids is 1. The summed E-state index contributed by atoms with van der Waals surface area (Å²) in [6.07, 6.45) is 3.70. The van der Waals surface area contributed by atoms with Crippen LogP contribution in [0.15, 0.2) is 59.7 Å². The first-order valence-electron chi connectivity index (χ1n) is 10.4. The molecular weight excluding hydrogens is 527 g/mol. The van der Waals surface area contributed by atoms with E-state index < -0.39 is 21.7 Å². The molecule has 0 radical (unpaired) electrons. The van der Waals surface area contributed by atoms with Crippen molar-refractivity contribution in [3.8, 4) is 22.4 Å². The highest BCUT2D eigenvalue weighted by molar-refractivity contribution is 7.92. The topological polar surface area (TPSA) is 110 Å². The van der Waals surface area contributed by atoms with Crippen molar-refractivity contribution in [1.82, 2.24) is 9.55 Å². The standard InChI is InChI=1S/C24H20ClFN4O4S2/c1-13-19(23-20(8-16(26)11-27-23)14-4-5-22(31)30(2)12-14)10-21(35-13)24(32)28-17-6-15(25)7-18(9-17)29-36(3,33)34/h4-12,29H,1-3H3,(H,28,32). The Labute approximate surface area is 215 Å². The van der Waals surface area contributed by atoms with E-state index >= 15 is 0 Å². The molecule has 0 aliphatic carbocycles. The summed E-state index contributed by atoms with van der Waals surface area (Å²) in [5.74, 6) is -0.972. The lowest BCUT2D eigenvalue weighted by atomic mass is 10.0. The lowest BCUT2D eigenvalue weighted by Gasteiger charge is -2.10. The number of aryl methyl sites for hydroxylation is 2. The van der Waals surface area contributed by atoms with Crippen LogP contribution in [0.4, 0.5) is 15.8 Å². The van der Waals surface area contributed by atoms with Gasteiger partial charge in [-0.05, 0) is 43.3 Å². The summed E-state index contributed by atoms with van der Waals surface area (Å²) in [6, 6.07) is 10.3. The molecule has 0 aliphatic rings. The lowest BCUT2D eigenvalue weighted by Crippen LogP contribution is -2.14. The van der Waals surface area contributed by atoms with Gasteiger partial charge in [0, 0.05) is 51.6 Å². The van der Waals surface area contributed by atoms with Gasteiger partial charge in [0.05, 0.1) is 28.7 Å². The molecule has 0 saturated heterocycles. The van der Waals surface area contributed by atoms with Gasteiger partial charge >= 0.3 is 0 Å². The molecule has 3 aromatic heterocycles. The van der Waals surface area contributed by atoms with Crippen molar-refractivity contribution in [3.05, 3.63) is 85.8 Å². The number of nitrogens with one attached hydrogen (secondary N) is 2. The van der Waals surface area contributed by atoms with Crippen LogP contribution in [0.5, 0.6) is 0 Å². The predicted molar refractivity (Wildman–Crippen MR) is 141 cm³/mol. The van der Waals surface area contributed by atoms with Crippen molar-refractivity contribution in [3.63, 3.8) is 0 Å². The van der Waals surface area contributed by atoms with Crippen molar-refractivity contribution in [2.75, 3.05) is 16.3 Å². The molecule has 0 atom stereocenters. The second kappa shape index (κ2) is 9.84. The van der Waals surface area contributed by atoms with Gasteiger partial charge in [-0.25, -0.2) is 12.8 Å². The Morgan fingerprint density at radius 3 is 2.53 bits per heavy atom. The predicted octanol–water partition coefficient (Wildman–Crippen LogP) is 4.90. The van der Waals surface area contributed by atoms with Gasteiger partial charge in [-0.15, -0.1) is 11.3 Å². The van der Waals surface area contributed by atoms with E-state index in [-0.39, 0.29) is 16.3 Å². The Kier molecular flexibility index (Phi) is 6.98. The minimum atomic E-state index is -3.53. The molecule has 186 valence electrons. The number of pyridine rings is 2. The minimum Gasteiger partial charge on any atom is -0.321 e. The zero-order valence-electron chi connectivity index (χ0n) is 19.3. The molecule has 2 N–H and O–H groups in total. The first kappa shape index (κ1) is 25.5. The number of aromatic nitrogens is 2. The largest absolute Gasteiger partial charge is 0.321 e. The molecule has 0 aliphatic heterocycles. The maximum Gasteiger partial charge on any atom is 0.265 e. The van der Waals surface area contributed by atoms with Crippen LogP contribution in [0.3, 0.4) is 0 Å². The van der Waals surface area contributed by atoms with E-state index in [1.54, 1.807) is 25.4 Å². The van der Waals surface area contributed by atoms with Crippen molar-refractivity contribution in [2.45, 2.75) is 6.92 Å². The van der Waals surface area contributed by atoms with Gasteiger partial charge in [0.25, 0.3) is 5.91 Å². The van der Waals surface area contributed by atoms with Crippen LogP contribution in [-0.4, -0.2) is 30.1 Å². The first-order chi connectivity index (χ1) is 16.9. The summed E-state index contributed by atoms with van der Waals surface area (Å²) < 4.78 is 40.9. The fraction of sp³-hybridized carbons (Fsp3) is 0.125. The average Bonchev–Trinajstić information content (AvgIpc) is 3.15. The number of anilines is 2. The third-order valence-electron chi connectivity index (χ3n) is 5.11. The summed E-state index contributed by atoms with van der Waals surface area (Å²) in [5.41, 5.74) is 2.49. The number of halogens is 2. The molecule has 4 aromatic rings. The zero-order chi connectivity index (χ0) is 26.2. The molecule has 0 saturated carbocycles. The normalized spacial score (nSPS) is 11.4. The molecule has 1 aromatic carbocycles. The highest BCUT2D eigenvalue weighted by atomic mass is 35.5. The van der Waals surface area contributed by atoms with E-state index in [0.29, 0.717) is 32.9 Å². The molecule has 12 heteroatoms. The van der Waals surface area contributed by atoms with Crippen LogP contribution in [0.25, 0.3) is 22.4 Å². The van der Waals surface area contributed by atoms with Crippen LogP contribution < -0.4 is 15.6 Å². The smallest absolute Gasteiger partial charge is 0.265 e. The van der Waals surface area contributed by atoms with E-state index in [2.05, 4.69) is 15.0 Å². The molecule has 4 rings (SSSR count). The van der Waals surface area contributed by atoms with E-state index in [1.807, 2.05) is 6.92 Å². The number of thiophene rings is 1. The molecule has 0 spiro atoms. The molecule has 36 heavy (non-hydrogen) atoms. The van der Waals surface area contributed by atoms with Crippen LogP contribution in [-0.2, 0) is 17.1 Å². The molecule has 1 amide bonds. The van der Waals surface area contributed by atoms with Crippen molar-refractivity contribution < 1.29 is 17.6 Å². The number of hydrogen-bond acceptors (Lipinski definition) is 6. The van der Waals surface area contributed by atoms with Gasteiger partial charge in [-0.3, -0.25) is 19.3 Å². The Morgan fingerprint density at radius 1 is 1.11 bits per heavy atom. The third-order valence-corrected chi connectivity index (χ3v) is 6.98. The monoisotopic (exact) mass is 546 g/mol. The van der Waals surface area contributed by atoms with Gasteiger partial charge in [0.2, 0.25) is 15.6 Å². The molecule has 8 nitrogen and oxygen atoms in total. The minimum absolute atomic E-state index is 0.203. The highest BCUT2D eigenvalue weighted by Crippen LogP contribution is 2.36. The quantitative estimate of drug-likeness (QED) is 0.357. The van der Waals surface area contributed by atoms with Crippen LogP contribution in [0.2, 0.25) is 5.02 Å². The van der Waals surface area contributed by atoms with E-state index in [0.717, 1.165) is 17.3 Å². The Balaban J connectivity index is 1.68. The van der Waals surface area contributed by atoms with Crippen molar-refractivity contribution in [1.29, 1.82) is 0 Å². The van der Waals surface area contributed by atoms with Gasteiger partial charge in [-0.2, -0.15) is 0 Å². The number of carbonyl (C=O) groups is 1. The second-order valence-electron chi connectivity index (χ2n) is 8.05. The summed E-state index contributed by atoms with van der Waals surface area (Å²) >= 11 is 7.31. The Hall–Kier alpha value is -3.54. The fourth-order valence-corrected chi connectivity index (χ4v) is 5.28. The van der Waals surface area contributed by atoms with E-state index in [1.165, 1.54) is 46.2 Å². The number of benzene rings is 1. The Morgan fingerprint density at radius 2 is 1.83 bits per heavy atom. The van der Waals surface area contributed by atoms with Crippen molar-refractivity contribution >= 4 is 50.2 Å². The summed E-state index contributed by atoms with van der Waals surface area (Å²) in [7, 11) is -1.93. The van der Waals surface area contributed by atoms with E-state index in [9.17, 15) is 22.4 Å². The van der Waals surface area contributed by atoms with Gasteiger partial charge in [0.1, 0.15) is 5.82 Å². The number of rotatable bonds is 6. The number of hydrogen-bond donors (Lipinski definition) is 2. The van der Waals surface area contributed by atoms with Crippen molar-refractivity contribution in [2.24, 2.45) is 7.05 Å². The molecule has 0 fully saturated rings. The summed E-state index contributed by atoms with van der Waals surface area (Å²) in [5, 5.41) is 2.96. The SMILES string of the molecule is Cc1sc(C(=O)Nc2cc(Cl)cc(NS(C)(=O)=O)c2)cc1-c1ncc(F)cc1-c1ccc(=O)n(C)c1. The number of sulfonamides is 1. The maximum absolute atomic E-state index is 14.1. The van der Waals surface area contributed by atoms with Crippen LogP contribution in [0, 0.1) is 12.7 Å². The third kappa shape index (κ3) is 5.81. The molecule has 0 unspecified atom stereocenters. The van der Waals surface area contributed by atoms with Gasteiger partial charge < -0.3 is 9.88 Å². The molecular formula is C24H20ClFN4O4S2. The summed E-state index contributed by atoms with van der Waals surface area (Å²) in [4.78, 5) is 30.2. The van der Waals surface area contributed by atoms with E-state index in [4.69, 9.17) is 11.6 Å². The molecule has 3 heterocycles. The highest BCUT2D eigenvalue weighted by Gasteiger charge is 2.19. The number of amides is 1. The van der Waals surface area contributed by atoms with Crippen LogP contribution >= 0.6 is 22.9 Å². The van der Waals surface area contributed by atoms with Crippen LogP contribution in [0.1, 0.15) is 14.5 Å².